The van der Waals surface area contributed by atoms with E-state index in [1.165, 1.54) is 41.1 Å². The molecule has 5 nitrogen and oxygen atoms in total. The van der Waals surface area contributed by atoms with Crippen LogP contribution in [-0.2, 0) is 327 Å². The number of aromatic nitrogens is 3. The molecular formula is C32H35N3O2S38. The third-order valence-corrected chi connectivity index (χ3v) is 70.7. The zero-order valence-corrected chi connectivity index (χ0v) is 66.8. The first-order valence-electron chi connectivity index (χ1n) is 17.7. The highest BCUT2D eigenvalue weighted by molar-refractivity contribution is 8.79. The minimum atomic E-state index is 0. The third-order valence-electron chi connectivity index (χ3n) is 5.98. The van der Waals surface area contributed by atoms with Crippen LogP contribution in [0.5, 0.6) is 0 Å². The molecule has 0 aliphatic carbocycles. The van der Waals surface area contributed by atoms with Crippen molar-refractivity contribution in [3.8, 4) is 0 Å². The lowest BCUT2D eigenvalue weighted by Crippen LogP contribution is -1.90. The molecule has 43 heteroatoms. The first-order valence-corrected chi connectivity index (χ1v) is 64.2. The fourth-order valence-electron chi connectivity index (χ4n) is 3.43. The summed E-state index contributed by atoms with van der Waals surface area (Å²) in [6.45, 7) is 0.210. The standard InChI is InChI=1S/C13H13NOS2.C10H8N2S2.C8H10OS.CH4.S17.S16/c15-9-11-5-1-2-6-12(11)10-16-17-13-7-3-4-8-14-13;1-3-7-11-9(5-1)13-14-10-6-2-4-8-12-10;9-5-7-3-1-2-4-8(7)6-10;;1-3-5-7-9-11-13-15-17-16-14-12-10-8-6-4-2;1-3-5-7-9-11-13-15-16-14-12-10-8-6-4-2/h1-8,15H,9-10H2;1-8H;1-4,9-10H,5-6H2;1H4;;. The summed E-state index contributed by atoms with van der Waals surface area (Å²) in [5.74, 6) is 1.56. The molecule has 0 atom stereocenters. The van der Waals surface area contributed by atoms with Crippen molar-refractivity contribution in [3.63, 3.8) is 0 Å². The van der Waals surface area contributed by atoms with Gasteiger partial charge in [-0.25, -0.2) is 15.0 Å². The van der Waals surface area contributed by atoms with Gasteiger partial charge in [0.15, 0.2) is 0 Å². The number of pyridine rings is 3. The lowest BCUT2D eigenvalue weighted by molar-refractivity contribution is 0.280. The van der Waals surface area contributed by atoms with Crippen LogP contribution in [0.25, 0.3) is 0 Å². The molecule has 0 aliphatic heterocycles. The second-order valence-electron chi connectivity index (χ2n) is 10.0. The fourth-order valence-corrected chi connectivity index (χ4v) is 76.1. The molecule has 5 rings (SSSR count). The van der Waals surface area contributed by atoms with Gasteiger partial charge in [-0.2, -0.15) is 12.6 Å². The lowest BCUT2D eigenvalue weighted by Gasteiger charge is -2.05. The molecule has 0 amide bonds. The number of thiol groups is 1. The zero-order valence-electron chi connectivity index (χ0n) is 35.7. The second kappa shape index (κ2) is 64.8. The summed E-state index contributed by atoms with van der Waals surface area (Å²) in [7, 11) is 55.5. The molecule has 3 heterocycles. The van der Waals surface area contributed by atoms with Crippen molar-refractivity contribution < 1.29 is 10.2 Å². The van der Waals surface area contributed by atoms with E-state index in [9.17, 15) is 5.11 Å². The van der Waals surface area contributed by atoms with E-state index >= 15 is 0 Å². The van der Waals surface area contributed by atoms with Gasteiger partial charge in [0.05, 0.1) is 13.2 Å². The van der Waals surface area contributed by atoms with Gasteiger partial charge in [0.1, 0.15) is 15.1 Å². The average molecular weight is 1710 g/mol. The lowest BCUT2D eigenvalue weighted by atomic mass is 10.1. The van der Waals surface area contributed by atoms with E-state index in [-0.39, 0.29) is 20.6 Å². The Bertz CT molecular complexity index is 3620. The SMILES string of the molecule is C.OCc1ccccc1CS.OCc1ccccc1CSSc1ccccn1.S=S=S=S=S=S=S=S=S=S=S=S=S=S=S=S.S=S=S=S=S=S=S=S=S=S=S=S=S=S=S=S=S.c1ccc(SSc2ccccn2)nc1. The molecule has 0 fully saturated rings. The van der Waals surface area contributed by atoms with E-state index in [1.807, 2.05) is 97.1 Å². The van der Waals surface area contributed by atoms with Crippen molar-refractivity contribution in [1.29, 1.82) is 0 Å². The van der Waals surface area contributed by atoms with Gasteiger partial charge in [0.2, 0.25) is 0 Å². The first-order chi connectivity index (χ1) is 36.6. The van der Waals surface area contributed by atoms with Gasteiger partial charge < -0.3 is 10.2 Å². The number of aliphatic hydroxyl groups excluding tert-OH is 2. The highest BCUT2D eigenvalue weighted by Gasteiger charge is 2.02. The van der Waals surface area contributed by atoms with Gasteiger partial charge in [-0.05, 0) is 91.0 Å². The highest BCUT2D eigenvalue weighted by atomic mass is 33.5. The van der Waals surface area contributed by atoms with E-state index in [4.69, 9.17) is 49.9 Å². The molecule has 5 aromatic rings. The van der Waals surface area contributed by atoms with E-state index in [0.717, 1.165) is 37.5 Å². The van der Waals surface area contributed by atoms with Crippen LogP contribution >= 0.6 is 55.8 Å². The summed E-state index contributed by atoms with van der Waals surface area (Å²) < 4.78 is 0. The predicted molar refractivity (Wildman–Crippen MR) is 429 cm³/mol. The van der Waals surface area contributed by atoms with Crippen LogP contribution in [-0.4, -0.2) is 25.2 Å². The monoisotopic (exact) mass is 1710 g/mol. The number of rotatable bonds is 10. The number of aliphatic hydroxyl groups is 2. The second-order valence-corrected chi connectivity index (χ2v) is 66.1. The minimum Gasteiger partial charge on any atom is -0.392 e. The van der Waals surface area contributed by atoms with E-state index < -0.39 is 0 Å². The zero-order chi connectivity index (χ0) is 53.5. The van der Waals surface area contributed by atoms with Gasteiger partial charge >= 0.3 is 0 Å². The van der Waals surface area contributed by atoms with Gasteiger partial charge in [-0.1, -0.05) is 85.0 Å². The van der Waals surface area contributed by atoms with Gasteiger partial charge in [0.25, 0.3) is 0 Å². The molecule has 0 bridgehead atoms. The Labute approximate surface area is 562 Å². The van der Waals surface area contributed by atoms with Gasteiger partial charge in [0, 0.05) is 332 Å². The normalized spacial score (nSPS) is 8.73. The molecular weight excluding hydrogens is 1680 g/mol. The van der Waals surface area contributed by atoms with Crippen LogP contribution in [0.3, 0.4) is 0 Å². The molecule has 0 saturated carbocycles. The third kappa shape index (κ3) is 51.7. The Hall–Kier alpha value is 4.82. The molecule has 0 spiro atoms. The smallest absolute Gasteiger partial charge is 0.107 e. The number of benzene rings is 2. The average Bonchev–Trinajstić information content (AvgIpc) is 3.45. The van der Waals surface area contributed by atoms with Crippen molar-refractivity contribution in [1.82, 2.24) is 15.0 Å². The van der Waals surface area contributed by atoms with Crippen LogP contribution < -0.4 is 0 Å². The van der Waals surface area contributed by atoms with Crippen molar-refractivity contribution in [2.75, 3.05) is 0 Å². The Morgan fingerprint density at radius 1 is 0.333 bits per heavy atom. The van der Waals surface area contributed by atoms with Crippen LogP contribution in [0, 0.1) is 0 Å². The minimum absolute atomic E-state index is 0. The fraction of sp³-hybridized carbons (Fsp3) is 0.156. The Balaban J connectivity index is 0.000000918. The summed E-state index contributed by atoms with van der Waals surface area (Å²) >= 11 is 23.1. The van der Waals surface area contributed by atoms with E-state index in [2.05, 4.69) is 33.6 Å². The van der Waals surface area contributed by atoms with Gasteiger partial charge in [-0.3, -0.25) is 0 Å². The maximum atomic E-state index is 9.21. The topological polar surface area (TPSA) is 79.1 Å². The molecule has 2 N–H and O–H groups in total. The number of hydrogen-bond acceptors (Lipinski definition) is 14. The maximum absolute atomic E-state index is 9.21. The molecule has 2 aromatic carbocycles. The highest BCUT2D eigenvalue weighted by Crippen LogP contribution is 2.34. The molecule has 75 heavy (non-hydrogen) atoms. The van der Waals surface area contributed by atoms with Crippen molar-refractivity contribution in [2.45, 2.75) is 47.2 Å². The van der Waals surface area contributed by atoms with E-state index in [1.54, 1.807) is 284 Å². The van der Waals surface area contributed by atoms with Crippen LogP contribution in [0.15, 0.2) is 137 Å². The molecule has 0 aliphatic rings. The molecule has 0 saturated heterocycles. The summed E-state index contributed by atoms with van der Waals surface area (Å²) in [4.78, 5) is 12.7. The molecule has 3 aromatic heterocycles. The Morgan fingerprint density at radius 3 is 0.840 bits per heavy atom. The largest absolute Gasteiger partial charge is 0.392 e. The maximum Gasteiger partial charge on any atom is 0.107 e. The number of nitrogens with zero attached hydrogens (tertiary/aromatic N) is 3. The summed E-state index contributed by atoms with van der Waals surface area (Å²) in [6, 6.07) is 33.4. The van der Waals surface area contributed by atoms with Crippen LogP contribution in [0.1, 0.15) is 29.7 Å². The first kappa shape index (κ1) is 79.8. The van der Waals surface area contributed by atoms with Gasteiger partial charge in [-0.15, -0.1) is 0 Å². The van der Waals surface area contributed by atoms with Crippen molar-refractivity contribution in [3.05, 3.63) is 144 Å². The molecule has 0 unspecified atom stereocenters. The van der Waals surface area contributed by atoms with Crippen molar-refractivity contribution >= 4 is 358 Å². The quantitative estimate of drug-likeness (QED) is 0.0922. The predicted octanol–water partition coefficient (Wildman–Crippen LogP) is 8.96. The van der Waals surface area contributed by atoms with Crippen molar-refractivity contribution in [2.24, 2.45) is 0 Å². The van der Waals surface area contributed by atoms with E-state index in [0.29, 0.717) is 5.75 Å². The number of hydrogen-bond donors (Lipinski definition) is 3. The molecule has 0 radical (unpaired) electrons. The Morgan fingerprint density at radius 2 is 0.587 bits per heavy atom. The summed E-state index contributed by atoms with van der Waals surface area (Å²) in [6.07, 6.45) is 5.38. The molecule has 418 valence electrons. The van der Waals surface area contributed by atoms with Crippen LogP contribution in [0.4, 0.5) is 0 Å². The Kier molecular flexibility index (Phi) is 69.0. The van der Waals surface area contributed by atoms with Crippen LogP contribution in [0.2, 0.25) is 0 Å². The summed E-state index contributed by atoms with van der Waals surface area (Å²) in [5.41, 5.74) is 4.26. The summed E-state index contributed by atoms with van der Waals surface area (Å²) in [5, 5.41) is 21.0.